The number of methoxy groups -OCH3 is 1. The molecule has 0 saturated heterocycles. The Morgan fingerprint density at radius 3 is 2.13 bits per heavy atom. The van der Waals surface area contributed by atoms with Crippen LogP contribution in [0.5, 0.6) is 5.75 Å². The molecular weight excluding hydrogens is 464 g/mol. The van der Waals surface area contributed by atoms with E-state index >= 15 is 0 Å². The van der Waals surface area contributed by atoms with Gasteiger partial charge in [-0.05, 0) is 66.6 Å². The Bertz CT molecular complexity index is 1310. The van der Waals surface area contributed by atoms with Gasteiger partial charge in [0.2, 0.25) is 5.36 Å². The highest BCUT2D eigenvalue weighted by Gasteiger charge is 2.16. The Balaban J connectivity index is 0.000000491. The van der Waals surface area contributed by atoms with Crippen molar-refractivity contribution < 1.29 is 4.74 Å². The third-order valence-corrected chi connectivity index (χ3v) is 6.59. The van der Waals surface area contributed by atoms with Crippen LogP contribution >= 0.6 is 0 Å². The van der Waals surface area contributed by atoms with Gasteiger partial charge in [0.1, 0.15) is 11.0 Å². The molecule has 4 rings (SSSR count). The molecule has 3 aromatic rings. The average molecular weight is 512 g/mol. The molecule has 2 heterocycles. The summed E-state index contributed by atoms with van der Waals surface area (Å²) in [5.41, 5.74) is 5.81. The number of allylic oxidation sites excluding steroid dienone is 3. The van der Waals surface area contributed by atoms with E-state index < -0.39 is 0 Å². The van der Waals surface area contributed by atoms with Crippen molar-refractivity contribution in [2.24, 2.45) is 0 Å². The highest BCUT2D eigenvalue weighted by molar-refractivity contribution is 5.62. The zero-order valence-corrected chi connectivity index (χ0v) is 24.5. The fourth-order valence-electron chi connectivity index (χ4n) is 4.30. The molecule has 0 amide bonds. The summed E-state index contributed by atoms with van der Waals surface area (Å²) < 4.78 is 9.73. The topological polar surface area (TPSA) is 17.2 Å². The summed E-state index contributed by atoms with van der Waals surface area (Å²) in [4.78, 5) is 0. The summed E-state index contributed by atoms with van der Waals surface area (Å²) in [5, 5.41) is 2.52. The lowest BCUT2D eigenvalue weighted by Gasteiger charge is -2.10. The molecule has 2 aromatic carbocycles. The maximum atomic E-state index is 5.23. The van der Waals surface area contributed by atoms with Crippen LogP contribution in [0.2, 0.25) is 0 Å². The van der Waals surface area contributed by atoms with Crippen LogP contribution in [0, 0.1) is 6.92 Å². The van der Waals surface area contributed by atoms with Crippen molar-refractivity contribution in [3.63, 3.8) is 0 Å². The fraction of sp³-hybridized carbons (Fsp3) is 0.343. The van der Waals surface area contributed by atoms with Gasteiger partial charge in [0.15, 0.2) is 12.7 Å². The number of hydrogen-bond donors (Lipinski definition) is 0. The molecule has 0 bridgehead atoms. The van der Waals surface area contributed by atoms with Crippen LogP contribution in [0.25, 0.3) is 18.0 Å². The van der Waals surface area contributed by atoms with Gasteiger partial charge in [0.25, 0.3) is 0 Å². The molecule has 1 aromatic heterocycles. The number of fused-ring (bicyclic) bond motifs is 1. The molecule has 202 valence electrons. The molecular formula is C35H47N2O+. The normalized spacial score (nSPS) is 10.8. The van der Waals surface area contributed by atoms with Gasteiger partial charge >= 0.3 is 0 Å². The first-order valence-corrected chi connectivity index (χ1v) is 14.1. The van der Waals surface area contributed by atoms with E-state index in [1.807, 2.05) is 38.1 Å². The SMILES string of the molecule is C=CC(C=C)=Cc1ccn(-c2ccc3c(c2)=C[N+]=3Cc2ccc(OC)cc2)c1C.CC.CCCCCCC. The summed E-state index contributed by atoms with van der Waals surface area (Å²) in [6.45, 7) is 19.2. The molecule has 0 atom stereocenters. The van der Waals surface area contributed by atoms with Gasteiger partial charge in [-0.25, -0.2) is 0 Å². The Hall–Kier alpha value is -3.59. The molecule has 0 spiro atoms. The number of unbranched alkanes of at least 4 members (excludes halogenated alkanes) is 4. The first kappa shape index (κ1) is 30.6. The molecule has 3 heteroatoms. The van der Waals surface area contributed by atoms with Crippen LogP contribution in [0.1, 0.15) is 76.6 Å². The van der Waals surface area contributed by atoms with Gasteiger partial charge in [-0.15, -0.1) is 0 Å². The Morgan fingerprint density at radius 2 is 1.58 bits per heavy atom. The predicted molar refractivity (Wildman–Crippen MR) is 166 cm³/mol. The third-order valence-electron chi connectivity index (χ3n) is 6.59. The molecule has 3 nitrogen and oxygen atoms in total. The lowest BCUT2D eigenvalue weighted by atomic mass is 10.1. The first-order valence-electron chi connectivity index (χ1n) is 14.1. The third kappa shape index (κ3) is 8.21. The highest BCUT2D eigenvalue weighted by Crippen LogP contribution is 2.19. The molecule has 1 aliphatic heterocycles. The smallest absolute Gasteiger partial charge is 0.219 e. The summed E-state index contributed by atoms with van der Waals surface area (Å²) in [7, 11) is 1.69. The van der Waals surface area contributed by atoms with Crippen LogP contribution < -0.4 is 19.9 Å². The number of hydrogen-bond acceptors (Lipinski definition) is 1. The van der Waals surface area contributed by atoms with Crippen molar-refractivity contribution in [2.75, 3.05) is 7.11 Å². The summed E-state index contributed by atoms with van der Waals surface area (Å²) in [6, 6.07) is 17.0. The predicted octanol–water partition coefficient (Wildman–Crippen LogP) is 8.00. The van der Waals surface area contributed by atoms with Crippen LogP contribution in [-0.4, -0.2) is 11.7 Å². The Morgan fingerprint density at radius 1 is 0.921 bits per heavy atom. The van der Waals surface area contributed by atoms with Crippen LogP contribution in [0.15, 0.2) is 85.6 Å². The number of nitrogens with zero attached hydrogens (tertiary/aromatic N) is 2. The molecule has 0 aliphatic carbocycles. The van der Waals surface area contributed by atoms with E-state index in [-0.39, 0.29) is 0 Å². The summed E-state index contributed by atoms with van der Waals surface area (Å²) in [5.74, 6) is 0.885. The van der Waals surface area contributed by atoms with E-state index in [9.17, 15) is 0 Å². The van der Waals surface area contributed by atoms with Crippen molar-refractivity contribution >= 4 is 12.3 Å². The first-order chi connectivity index (χ1) is 18.5. The molecule has 0 radical (unpaired) electrons. The molecule has 38 heavy (non-hydrogen) atoms. The second-order valence-electron chi connectivity index (χ2n) is 9.19. The molecule has 0 saturated carbocycles. The fourth-order valence-corrected chi connectivity index (χ4v) is 4.30. The zero-order valence-electron chi connectivity index (χ0n) is 24.5. The van der Waals surface area contributed by atoms with Crippen molar-refractivity contribution in [1.29, 1.82) is 0 Å². The van der Waals surface area contributed by atoms with Crippen molar-refractivity contribution in [3.8, 4) is 11.4 Å². The Labute approximate surface area is 230 Å². The average Bonchev–Trinajstić information content (AvgIpc) is 3.31. The van der Waals surface area contributed by atoms with Gasteiger partial charge in [-0.2, -0.15) is 4.58 Å². The summed E-state index contributed by atoms with van der Waals surface area (Å²) in [6.07, 6.45) is 17.1. The standard InChI is InChI=1S/C26H25N2O.C7H16.C2H6/c1-5-20(6-2)15-22-13-14-28(19(22)3)24-9-12-26-23(16-24)18-27(26)17-21-7-10-25(29-4)11-8-21;1-3-5-7-6-4-2;1-2/h5-16,18H,1-2,17H2,3-4H3;3-7H2,1-2H3;1-2H3/q+1;;. The quantitative estimate of drug-likeness (QED) is 0.145. The van der Waals surface area contributed by atoms with E-state index in [4.69, 9.17) is 4.74 Å². The highest BCUT2D eigenvalue weighted by atomic mass is 16.5. The lowest BCUT2D eigenvalue weighted by Crippen LogP contribution is -2.46. The van der Waals surface area contributed by atoms with Gasteiger partial charge in [-0.3, -0.25) is 0 Å². The van der Waals surface area contributed by atoms with Crippen LogP contribution in [0.3, 0.4) is 0 Å². The van der Waals surface area contributed by atoms with Gasteiger partial charge in [0, 0.05) is 29.2 Å². The van der Waals surface area contributed by atoms with E-state index in [0.717, 1.165) is 17.9 Å². The van der Waals surface area contributed by atoms with Crippen molar-refractivity contribution in [3.05, 3.63) is 113 Å². The minimum Gasteiger partial charge on any atom is -0.497 e. The number of aromatic nitrogens is 1. The van der Waals surface area contributed by atoms with Crippen LogP contribution in [-0.2, 0) is 6.54 Å². The minimum absolute atomic E-state index is 0.861. The largest absolute Gasteiger partial charge is 0.497 e. The molecule has 0 unspecified atom stereocenters. The second kappa shape index (κ2) is 16.3. The van der Waals surface area contributed by atoms with Gasteiger partial charge < -0.3 is 9.30 Å². The maximum absolute atomic E-state index is 5.23. The number of benzene rings is 2. The molecule has 0 N–H and O–H groups in total. The lowest BCUT2D eigenvalue weighted by molar-refractivity contribution is 0.414. The maximum Gasteiger partial charge on any atom is 0.219 e. The Kier molecular flexibility index (Phi) is 13.1. The molecule has 0 fully saturated rings. The van der Waals surface area contributed by atoms with Crippen LogP contribution in [0.4, 0.5) is 0 Å². The van der Waals surface area contributed by atoms with Gasteiger partial charge in [-0.1, -0.05) is 85.1 Å². The summed E-state index contributed by atoms with van der Waals surface area (Å²) >= 11 is 0. The monoisotopic (exact) mass is 511 g/mol. The minimum atomic E-state index is 0.861. The second-order valence-corrected chi connectivity index (χ2v) is 9.19. The van der Waals surface area contributed by atoms with E-state index in [1.54, 1.807) is 7.11 Å². The van der Waals surface area contributed by atoms with Crippen molar-refractivity contribution in [1.82, 2.24) is 9.14 Å². The zero-order chi connectivity index (χ0) is 27.9. The van der Waals surface area contributed by atoms with Gasteiger partial charge in [0.05, 0.1) is 7.11 Å². The van der Waals surface area contributed by atoms with E-state index in [2.05, 4.69) is 97.9 Å². The van der Waals surface area contributed by atoms with E-state index in [0.29, 0.717) is 0 Å². The van der Waals surface area contributed by atoms with Crippen molar-refractivity contribution in [2.45, 2.75) is 73.3 Å². The van der Waals surface area contributed by atoms with E-state index in [1.165, 1.54) is 65.2 Å². The molecule has 1 aliphatic rings. The number of ether oxygens (including phenoxy) is 1. The number of rotatable bonds is 11.